The van der Waals surface area contributed by atoms with Gasteiger partial charge >= 0.3 is 0 Å². The third kappa shape index (κ3) is 3.32. The summed E-state index contributed by atoms with van der Waals surface area (Å²) >= 11 is 1.35. The predicted octanol–water partition coefficient (Wildman–Crippen LogP) is 3.10. The van der Waals surface area contributed by atoms with Crippen molar-refractivity contribution in [1.29, 1.82) is 0 Å². The van der Waals surface area contributed by atoms with E-state index in [0.717, 1.165) is 34.7 Å². The second-order valence-corrected chi connectivity index (χ2v) is 6.44. The number of aryl methyl sites for hydroxylation is 1. The first-order chi connectivity index (χ1) is 11.1. The van der Waals surface area contributed by atoms with E-state index < -0.39 is 0 Å². The molecule has 1 aromatic heterocycles. The molecule has 1 aliphatic heterocycles. The molecule has 0 fully saturated rings. The summed E-state index contributed by atoms with van der Waals surface area (Å²) < 4.78 is 11.5. The number of benzene rings is 1. The summed E-state index contributed by atoms with van der Waals surface area (Å²) in [6.45, 7) is 6.83. The van der Waals surface area contributed by atoms with Crippen molar-refractivity contribution < 1.29 is 14.3 Å². The van der Waals surface area contributed by atoms with Crippen LogP contribution in [0.4, 0.5) is 0 Å². The van der Waals surface area contributed by atoms with Gasteiger partial charge in [-0.1, -0.05) is 0 Å². The number of thiazole rings is 1. The molecule has 2 heterocycles. The Bertz CT molecular complexity index is 727. The van der Waals surface area contributed by atoms with Gasteiger partial charge in [0.2, 0.25) is 0 Å². The Kier molecular flexibility index (Phi) is 4.52. The molecule has 1 atom stereocenters. The lowest BCUT2D eigenvalue weighted by molar-refractivity contribution is 0.0954. The summed E-state index contributed by atoms with van der Waals surface area (Å²) in [6.07, 6.45) is 1.08. The Morgan fingerprint density at radius 1 is 1.52 bits per heavy atom. The number of carbonyl (C=O) groups is 1. The number of amides is 1. The molecular formula is C17H20N2O3S. The molecule has 1 aliphatic rings. The SMILES string of the molecule is CCOc1cc2c(cc1CNC(=O)c1scnc1C)O[C@@H](C)C2. The lowest BCUT2D eigenvalue weighted by atomic mass is 10.1. The molecule has 0 radical (unpaired) electrons. The Morgan fingerprint density at radius 3 is 3.04 bits per heavy atom. The smallest absolute Gasteiger partial charge is 0.263 e. The van der Waals surface area contributed by atoms with Crippen molar-refractivity contribution in [2.75, 3.05) is 6.61 Å². The van der Waals surface area contributed by atoms with Crippen LogP contribution >= 0.6 is 11.3 Å². The Labute approximate surface area is 139 Å². The highest BCUT2D eigenvalue weighted by Crippen LogP contribution is 2.35. The van der Waals surface area contributed by atoms with E-state index in [1.54, 1.807) is 5.51 Å². The van der Waals surface area contributed by atoms with Crippen LogP contribution in [0.3, 0.4) is 0 Å². The van der Waals surface area contributed by atoms with Crippen LogP contribution in [0.2, 0.25) is 0 Å². The highest BCUT2D eigenvalue weighted by Gasteiger charge is 2.22. The van der Waals surface area contributed by atoms with Crippen molar-refractivity contribution in [3.8, 4) is 11.5 Å². The van der Waals surface area contributed by atoms with Gasteiger partial charge < -0.3 is 14.8 Å². The van der Waals surface area contributed by atoms with Gasteiger partial charge in [-0.15, -0.1) is 11.3 Å². The van der Waals surface area contributed by atoms with E-state index in [2.05, 4.69) is 10.3 Å². The number of rotatable bonds is 5. The molecule has 0 unspecified atom stereocenters. The fourth-order valence-corrected chi connectivity index (χ4v) is 3.40. The number of ether oxygens (including phenoxy) is 2. The van der Waals surface area contributed by atoms with Crippen molar-refractivity contribution in [2.45, 2.75) is 39.8 Å². The zero-order chi connectivity index (χ0) is 16.4. The summed E-state index contributed by atoms with van der Waals surface area (Å²) in [4.78, 5) is 17.0. The molecule has 122 valence electrons. The first-order valence-corrected chi connectivity index (χ1v) is 8.60. The quantitative estimate of drug-likeness (QED) is 0.914. The molecule has 0 aliphatic carbocycles. The summed E-state index contributed by atoms with van der Waals surface area (Å²) in [6, 6.07) is 4.01. The Balaban J connectivity index is 1.78. The van der Waals surface area contributed by atoms with Crippen molar-refractivity contribution >= 4 is 17.2 Å². The number of fused-ring (bicyclic) bond motifs is 1. The molecule has 1 aromatic carbocycles. The van der Waals surface area contributed by atoms with Crippen LogP contribution < -0.4 is 14.8 Å². The largest absolute Gasteiger partial charge is 0.494 e. The molecule has 2 aromatic rings. The van der Waals surface area contributed by atoms with Crippen LogP contribution in [-0.2, 0) is 13.0 Å². The molecular weight excluding hydrogens is 312 g/mol. The van der Waals surface area contributed by atoms with E-state index >= 15 is 0 Å². The standard InChI is InChI=1S/C17H20N2O3S/c1-4-21-14-6-12-5-10(2)22-15(12)7-13(14)8-18-17(20)16-11(3)19-9-23-16/h6-7,9-10H,4-5,8H2,1-3H3,(H,18,20)/t10-/m0/s1. The first-order valence-electron chi connectivity index (χ1n) is 7.72. The van der Waals surface area contributed by atoms with Crippen molar-refractivity contribution in [1.82, 2.24) is 10.3 Å². The minimum absolute atomic E-state index is 0.109. The number of nitrogens with zero attached hydrogens (tertiary/aromatic N) is 1. The Morgan fingerprint density at radius 2 is 2.35 bits per heavy atom. The van der Waals surface area contributed by atoms with Gasteiger partial charge in [0, 0.05) is 24.1 Å². The van der Waals surface area contributed by atoms with Crippen LogP contribution in [0, 0.1) is 6.92 Å². The van der Waals surface area contributed by atoms with Gasteiger partial charge in [0.15, 0.2) is 0 Å². The fraction of sp³-hybridized carbons (Fsp3) is 0.412. The number of carbonyl (C=O) groups excluding carboxylic acids is 1. The number of aromatic nitrogens is 1. The van der Waals surface area contributed by atoms with Crippen molar-refractivity contribution in [3.63, 3.8) is 0 Å². The van der Waals surface area contributed by atoms with E-state index in [9.17, 15) is 4.79 Å². The second-order valence-electron chi connectivity index (χ2n) is 5.58. The second kappa shape index (κ2) is 6.58. The average Bonchev–Trinajstić information content (AvgIpc) is 3.09. The normalized spacial score (nSPS) is 15.9. The molecule has 1 amide bonds. The van der Waals surface area contributed by atoms with E-state index in [1.807, 2.05) is 32.9 Å². The van der Waals surface area contributed by atoms with Gasteiger partial charge in [0.05, 0.1) is 17.8 Å². The topological polar surface area (TPSA) is 60.5 Å². The highest BCUT2D eigenvalue weighted by atomic mass is 32.1. The van der Waals surface area contributed by atoms with E-state index in [4.69, 9.17) is 9.47 Å². The Hall–Kier alpha value is -2.08. The summed E-state index contributed by atoms with van der Waals surface area (Å²) in [5, 5.41) is 2.94. The average molecular weight is 332 g/mol. The summed E-state index contributed by atoms with van der Waals surface area (Å²) in [7, 11) is 0. The van der Waals surface area contributed by atoms with Gasteiger partial charge in [0.1, 0.15) is 22.5 Å². The van der Waals surface area contributed by atoms with Gasteiger partial charge in [0.25, 0.3) is 5.91 Å². The lowest BCUT2D eigenvalue weighted by Crippen LogP contribution is -2.23. The van der Waals surface area contributed by atoms with Gasteiger partial charge in [-0.25, -0.2) is 4.98 Å². The van der Waals surface area contributed by atoms with Crippen LogP contribution in [0.15, 0.2) is 17.6 Å². The molecule has 3 rings (SSSR count). The minimum atomic E-state index is -0.109. The molecule has 23 heavy (non-hydrogen) atoms. The third-order valence-electron chi connectivity index (χ3n) is 3.77. The van der Waals surface area contributed by atoms with Crippen LogP contribution in [-0.4, -0.2) is 23.6 Å². The van der Waals surface area contributed by atoms with E-state index in [0.29, 0.717) is 18.0 Å². The van der Waals surface area contributed by atoms with Crippen LogP contribution in [0.25, 0.3) is 0 Å². The first kappa shape index (κ1) is 15.8. The molecule has 6 heteroatoms. The number of hydrogen-bond acceptors (Lipinski definition) is 5. The highest BCUT2D eigenvalue weighted by molar-refractivity contribution is 7.11. The van der Waals surface area contributed by atoms with E-state index in [1.165, 1.54) is 11.3 Å². The number of hydrogen-bond donors (Lipinski definition) is 1. The predicted molar refractivity (Wildman–Crippen MR) is 89.4 cm³/mol. The van der Waals surface area contributed by atoms with Gasteiger partial charge in [-0.05, 0) is 32.9 Å². The molecule has 0 saturated heterocycles. The van der Waals surface area contributed by atoms with Gasteiger partial charge in [-0.2, -0.15) is 0 Å². The zero-order valence-electron chi connectivity index (χ0n) is 13.5. The summed E-state index contributed by atoms with van der Waals surface area (Å²) in [5.41, 5.74) is 4.52. The van der Waals surface area contributed by atoms with Crippen LogP contribution in [0.1, 0.15) is 40.3 Å². The van der Waals surface area contributed by atoms with E-state index in [-0.39, 0.29) is 12.0 Å². The zero-order valence-corrected chi connectivity index (χ0v) is 14.3. The van der Waals surface area contributed by atoms with Crippen molar-refractivity contribution in [2.24, 2.45) is 0 Å². The lowest BCUT2D eigenvalue weighted by Gasteiger charge is -2.13. The molecule has 1 N–H and O–H groups in total. The maximum Gasteiger partial charge on any atom is 0.263 e. The fourth-order valence-electron chi connectivity index (χ4n) is 2.69. The molecule has 5 nitrogen and oxygen atoms in total. The van der Waals surface area contributed by atoms with Gasteiger partial charge in [-0.3, -0.25) is 4.79 Å². The number of nitrogens with one attached hydrogen (secondary N) is 1. The molecule has 0 saturated carbocycles. The van der Waals surface area contributed by atoms with Crippen LogP contribution in [0.5, 0.6) is 11.5 Å². The third-order valence-corrected chi connectivity index (χ3v) is 4.70. The minimum Gasteiger partial charge on any atom is -0.494 e. The maximum atomic E-state index is 12.2. The maximum absolute atomic E-state index is 12.2. The molecule has 0 bridgehead atoms. The van der Waals surface area contributed by atoms with Crippen molar-refractivity contribution in [3.05, 3.63) is 39.3 Å². The molecule has 0 spiro atoms. The summed E-state index contributed by atoms with van der Waals surface area (Å²) in [5.74, 6) is 1.59. The monoisotopic (exact) mass is 332 g/mol.